The van der Waals surface area contributed by atoms with Gasteiger partial charge in [0.25, 0.3) is 10.0 Å². The fourth-order valence-electron chi connectivity index (χ4n) is 1.34. The zero-order valence-electron chi connectivity index (χ0n) is 9.44. The van der Waals surface area contributed by atoms with E-state index in [1.807, 2.05) is 0 Å². The Balaban J connectivity index is 2.43. The van der Waals surface area contributed by atoms with Crippen LogP contribution in [0.1, 0.15) is 0 Å². The Labute approximate surface area is 138 Å². The summed E-state index contributed by atoms with van der Waals surface area (Å²) in [6, 6.07) is 2.58. The molecule has 2 aromatic rings. The fraction of sp³-hybridized carbons (Fsp3) is 0. The summed E-state index contributed by atoms with van der Waals surface area (Å²) in [5.41, 5.74) is 0. The lowest BCUT2D eigenvalue weighted by atomic mass is 10.4. The molecule has 20 heavy (non-hydrogen) atoms. The zero-order chi connectivity index (χ0) is 14.9. The van der Waals surface area contributed by atoms with E-state index in [-0.39, 0.29) is 25.8 Å². The van der Waals surface area contributed by atoms with Crippen molar-refractivity contribution in [3.63, 3.8) is 0 Å². The Kier molecular flexibility index (Phi) is 4.76. The third-order valence-electron chi connectivity index (χ3n) is 2.09. The lowest BCUT2D eigenvalue weighted by molar-refractivity contribution is 0.601. The Morgan fingerprint density at radius 2 is 1.65 bits per heavy atom. The maximum Gasteiger partial charge on any atom is 0.266 e. The van der Waals surface area contributed by atoms with E-state index in [4.69, 9.17) is 34.8 Å². The number of sulfonamides is 1. The van der Waals surface area contributed by atoms with Gasteiger partial charge < -0.3 is 0 Å². The number of nitrogens with zero attached hydrogens (tertiary/aromatic N) is 2. The number of halogens is 4. The van der Waals surface area contributed by atoms with Crippen LogP contribution in [0.15, 0.2) is 34.0 Å². The summed E-state index contributed by atoms with van der Waals surface area (Å²) in [6.45, 7) is 0. The number of rotatable bonds is 3. The molecule has 0 bridgehead atoms. The predicted molar refractivity (Wildman–Crippen MR) is 82.0 cm³/mol. The Morgan fingerprint density at radius 3 is 2.15 bits per heavy atom. The Hall–Kier alpha value is -0.600. The van der Waals surface area contributed by atoms with Gasteiger partial charge in [-0.25, -0.2) is 18.4 Å². The number of anilines is 1. The molecule has 0 unspecified atom stereocenters. The van der Waals surface area contributed by atoms with E-state index in [0.717, 1.165) is 0 Å². The van der Waals surface area contributed by atoms with E-state index in [2.05, 4.69) is 30.6 Å². The summed E-state index contributed by atoms with van der Waals surface area (Å²) >= 11 is 20.6. The molecular weight excluding hydrogens is 412 g/mol. The van der Waals surface area contributed by atoms with E-state index in [0.29, 0.717) is 4.60 Å². The molecule has 10 heteroatoms. The largest absolute Gasteiger partial charge is 0.266 e. The topological polar surface area (TPSA) is 72.0 Å². The van der Waals surface area contributed by atoms with Crippen molar-refractivity contribution >= 4 is 66.6 Å². The van der Waals surface area contributed by atoms with E-state index < -0.39 is 10.0 Å². The van der Waals surface area contributed by atoms with Crippen molar-refractivity contribution in [2.75, 3.05) is 4.72 Å². The van der Waals surface area contributed by atoms with Crippen molar-refractivity contribution in [1.29, 1.82) is 0 Å². The lowest BCUT2D eigenvalue weighted by Crippen LogP contribution is -2.15. The SMILES string of the molecule is O=S(=O)(Nc1cnc(Br)cn1)c1c(Cl)cc(Cl)cc1Cl. The van der Waals surface area contributed by atoms with Gasteiger partial charge in [-0.1, -0.05) is 34.8 Å². The molecule has 0 amide bonds. The highest BCUT2D eigenvalue weighted by Crippen LogP contribution is 2.33. The smallest absolute Gasteiger partial charge is 0.262 e. The lowest BCUT2D eigenvalue weighted by Gasteiger charge is -2.10. The molecule has 5 nitrogen and oxygen atoms in total. The minimum absolute atomic E-state index is 0.0373. The molecule has 1 aromatic carbocycles. The average Bonchev–Trinajstić information content (AvgIpc) is 2.30. The Morgan fingerprint density at radius 1 is 1.05 bits per heavy atom. The van der Waals surface area contributed by atoms with Crippen molar-refractivity contribution in [3.8, 4) is 0 Å². The highest BCUT2D eigenvalue weighted by atomic mass is 79.9. The molecule has 0 spiro atoms. The van der Waals surface area contributed by atoms with Crippen LogP contribution in [0, 0.1) is 0 Å². The molecule has 106 valence electrons. The first-order chi connectivity index (χ1) is 9.29. The van der Waals surface area contributed by atoms with Crippen LogP contribution in [0.4, 0.5) is 5.82 Å². The first-order valence-corrected chi connectivity index (χ1v) is 8.35. The first-order valence-electron chi connectivity index (χ1n) is 4.94. The van der Waals surface area contributed by atoms with E-state index >= 15 is 0 Å². The first kappa shape index (κ1) is 15.8. The highest BCUT2D eigenvalue weighted by Gasteiger charge is 2.23. The molecule has 2 rings (SSSR count). The van der Waals surface area contributed by atoms with Crippen LogP contribution in [-0.2, 0) is 10.0 Å². The van der Waals surface area contributed by atoms with Crippen LogP contribution in [0.5, 0.6) is 0 Å². The van der Waals surface area contributed by atoms with Crippen molar-refractivity contribution in [2.45, 2.75) is 4.90 Å². The van der Waals surface area contributed by atoms with Crippen molar-refractivity contribution in [2.24, 2.45) is 0 Å². The third kappa shape index (κ3) is 3.53. The maximum atomic E-state index is 12.2. The van der Waals surface area contributed by atoms with Gasteiger partial charge in [-0.3, -0.25) is 4.72 Å². The minimum Gasteiger partial charge on any atom is -0.262 e. The summed E-state index contributed by atoms with van der Waals surface area (Å²) in [5, 5.41) is 0.0718. The third-order valence-corrected chi connectivity index (χ3v) is 4.99. The predicted octanol–water partition coefficient (Wildman–Crippen LogP) is 4.00. The molecule has 0 aliphatic carbocycles. The van der Waals surface area contributed by atoms with Crippen LogP contribution in [0.25, 0.3) is 0 Å². The summed E-state index contributed by atoms with van der Waals surface area (Å²) in [6.07, 6.45) is 2.60. The van der Waals surface area contributed by atoms with Crippen LogP contribution in [0.2, 0.25) is 15.1 Å². The summed E-state index contributed by atoms with van der Waals surface area (Å²) in [5.74, 6) is 0.0373. The average molecular weight is 417 g/mol. The van der Waals surface area contributed by atoms with E-state index in [1.54, 1.807) is 0 Å². The normalized spacial score (nSPS) is 11.4. The van der Waals surface area contributed by atoms with Crippen LogP contribution in [0.3, 0.4) is 0 Å². The standard InChI is InChI=1S/C10H5BrCl3N3O2S/c11-8-3-16-9(4-15-8)17-20(18,19)10-6(13)1-5(12)2-7(10)14/h1-4H,(H,16,17). The number of hydrogen-bond donors (Lipinski definition) is 1. The molecule has 0 radical (unpaired) electrons. The number of hydrogen-bond acceptors (Lipinski definition) is 4. The van der Waals surface area contributed by atoms with Gasteiger partial charge in [0.05, 0.1) is 22.4 Å². The molecule has 0 aliphatic heterocycles. The van der Waals surface area contributed by atoms with Gasteiger partial charge in [0.1, 0.15) is 9.50 Å². The van der Waals surface area contributed by atoms with Gasteiger partial charge in [-0.15, -0.1) is 0 Å². The molecule has 0 atom stereocenters. The molecular formula is C10H5BrCl3N3O2S. The van der Waals surface area contributed by atoms with Gasteiger partial charge in [-0.05, 0) is 28.1 Å². The number of benzene rings is 1. The van der Waals surface area contributed by atoms with Gasteiger partial charge in [0.15, 0.2) is 5.82 Å². The zero-order valence-corrected chi connectivity index (χ0v) is 14.1. The van der Waals surface area contributed by atoms with Crippen LogP contribution < -0.4 is 4.72 Å². The second-order valence-corrected chi connectivity index (χ2v) is 7.21. The van der Waals surface area contributed by atoms with Crippen LogP contribution in [-0.4, -0.2) is 18.4 Å². The second kappa shape index (κ2) is 6.03. The molecule has 0 saturated carbocycles. The fourth-order valence-corrected chi connectivity index (χ4v) is 4.08. The molecule has 0 aliphatic rings. The van der Waals surface area contributed by atoms with Gasteiger partial charge >= 0.3 is 0 Å². The minimum atomic E-state index is -3.99. The van der Waals surface area contributed by atoms with Crippen molar-refractivity contribution in [3.05, 3.63) is 44.2 Å². The maximum absolute atomic E-state index is 12.2. The number of aromatic nitrogens is 2. The quantitative estimate of drug-likeness (QED) is 0.819. The van der Waals surface area contributed by atoms with Crippen molar-refractivity contribution in [1.82, 2.24) is 9.97 Å². The molecule has 1 aromatic heterocycles. The molecule has 1 heterocycles. The molecule has 1 N–H and O–H groups in total. The molecule has 0 saturated heterocycles. The van der Waals surface area contributed by atoms with Gasteiger partial charge in [0, 0.05) is 5.02 Å². The van der Waals surface area contributed by atoms with Crippen molar-refractivity contribution < 1.29 is 8.42 Å². The molecule has 0 fully saturated rings. The van der Waals surface area contributed by atoms with Gasteiger partial charge in [0.2, 0.25) is 0 Å². The summed E-state index contributed by atoms with van der Waals surface area (Å²) in [7, 11) is -3.99. The second-order valence-electron chi connectivity index (χ2n) is 3.53. The van der Waals surface area contributed by atoms with E-state index in [9.17, 15) is 8.42 Å². The Bertz CT molecular complexity index is 730. The van der Waals surface area contributed by atoms with E-state index in [1.165, 1.54) is 24.5 Å². The van der Waals surface area contributed by atoms with Gasteiger partial charge in [-0.2, -0.15) is 0 Å². The highest BCUT2D eigenvalue weighted by molar-refractivity contribution is 9.10. The monoisotopic (exact) mass is 415 g/mol. The summed E-state index contributed by atoms with van der Waals surface area (Å²) in [4.78, 5) is 7.44. The number of nitrogens with one attached hydrogen (secondary N) is 1. The van der Waals surface area contributed by atoms with Crippen LogP contribution >= 0.6 is 50.7 Å². The summed E-state index contributed by atoms with van der Waals surface area (Å²) < 4.78 is 27.2.